The molecule has 1 rings (SSSR count). The normalized spacial score (nSPS) is 14.3. The molecule has 0 aromatic heterocycles. The fourth-order valence-electron chi connectivity index (χ4n) is 2.15. The van der Waals surface area contributed by atoms with Crippen molar-refractivity contribution < 1.29 is 9.90 Å². The summed E-state index contributed by atoms with van der Waals surface area (Å²) in [6, 6.07) is 9.03. The van der Waals surface area contributed by atoms with Gasteiger partial charge in [0.15, 0.2) is 5.54 Å². The fourth-order valence-corrected chi connectivity index (χ4v) is 2.15. The summed E-state index contributed by atoms with van der Waals surface area (Å²) < 4.78 is 0. The number of benzene rings is 1. The molecule has 0 spiro atoms. The largest absolute Gasteiger partial charge is 0.480 e. The Balaban J connectivity index is 2.75. The highest BCUT2D eigenvalue weighted by Gasteiger charge is 2.36. The van der Waals surface area contributed by atoms with Crippen molar-refractivity contribution in [3.8, 4) is 0 Å². The fraction of sp³-hybridized carbons (Fsp3) is 0.533. The SMILES string of the molecule is CCCCCN(C)CC(N)(C(=O)O)c1ccccc1. The molecule has 0 saturated carbocycles. The summed E-state index contributed by atoms with van der Waals surface area (Å²) >= 11 is 0. The first kappa shape index (κ1) is 15.7. The summed E-state index contributed by atoms with van der Waals surface area (Å²) in [5, 5.41) is 9.45. The van der Waals surface area contributed by atoms with Gasteiger partial charge in [0, 0.05) is 6.54 Å². The zero-order valence-electron chi connectivity index (χ0n) is 11.8. The molecule has 0 aliphatic rings. The van der Waals surface area contributed by atoms with Crippen molar-refractivity contribution in [1.82, 2.24) is 4.90 Å². The molecular weight excluding hydrogens is 240 g/mol. The Bertz CT molecular complexity index is 394. The van der Waals surface area contributed by atoms with E-state index in [1.165, 1.54) is 0 Å². The minimum atomic E-state index is -1.35. The zero-order chi connectivity index (χ0) is 14.3. The number of aliphatic carboxylic acids is 1. The van der Waals surface area contributed by atoms with Crippen LogP contribution in [0.4, 0.5) is 0 Å². The topological polar surface area (TPSA) is 66.6 Å². The van der Waals surface area contributed by atoms with Gasteiger partial charge < -0.3 is 15.7 Å². The third-order valence-corrected chi connectivity index (χ3v) is 3.33. The van der Waals surface area contributed by atoms with Gasteiger partial charge in [-0.2, -0.15) is 0 Å². The first-order chi connectivity index (χ1) is 9.00. The minimum absolute atomic E-state index is 0.316. The molecule has 19 heavy (non-hydrogen) atoms. The number of nitrogens with two attached hydrogens (primary N) is 1. The van der Waals surface area contributed by atoms with E-state index in [9.17, 15) is 9.90 Å². The number of nitrogens with zero attached hydrogens (tertiary/aromatic N) is 1. The number of unbranched alkanes of at least 4 members (excludes halogenated alkanes) is 2. The summed E-state index contributed by atoms with van der Waals surface area (Å²) in [5.41, 5.74) is 5.42. The molecule has 0 bridgehead atoms. The second-order valence-electron chi connectivity index (χ2n) is 5.09. The lowest BCUT2D eigenvalue weighted by molar-refractivity contribution is -0.144. The Morgan fingerprint density at radius 2 is 1.95 bits per heavy atom. The summed E-state index contributed by atoms with van der Waals surface area (Å²) in [7, 11) is 1.92. The third kappa shape index (κ3) is 4.33. The zero-order valence-corrected chi connectivity index (χ0v) is 11.8. The number of rotatable bonds is 8. The first-order valence-corrected chi connectivity index (χ1v) is 6.77. The molecule has 0 radical (unpaired) electrons. The van der Waals surface area contributed by atoms with Crippen LogP contribution >= 0.6 is 0 Å². The van der Waals surface area contributed by atoms with Crippen molar-refractivity contribution in [2.24, 2.45) is 5.73 Å². The lowest BCUT2D eigenvalue weighted by Crippen LogP contribution is -2.52. The molecule has 1 aromatic carbocycles. The predicted octanol–water partition coefficient (Wildman–Crippen LogP) is 2.05. The number of hydrogen-bond donors (Lipinski definition) is 2. The van der Waals surface area contributed by atoms with Gasteiger partial charge in [-0.25, -0.2) is 4.79 Å². The number of carboxylic acids is 1. The van der Waals surface area contributed by atoms with Crippen molar-refractivity contribution in [2.75, 3.05) is 20.1 Å². The molecule has 0 amide bonds. The van der Waals surface area contributed by atoms with Gasteiger partial charge in [0.25, 0.3) is 0 Å². The van der Waals surface area contributed by atoms with E-state index in [2.05, 4.69) is 6.92 Å². The van der Waals surface area contributed by atoms with Crippen LogP contribution in [0.2, 0.25) is 0 Å². The number of hydrogen-bond acceptors (Lipinski definition) is 3. The van der Waals surface area contributed by atoms with Gasteiger partial charge in [-0.05, 0) is 25.6 Å². The standard InChI is InChI=1S/C15H24N2O2/c1-3-4-8-11-17(2)12-15(16,14(18)19)13-9-6-5-7-10-13/h5-7,9-10H,3-4,8,11-12,16H2,1-2H3,(H,18,19). The van der Waals surface area contributed by atoms with Gasteiger partial charge >= 0.3 is 5.97 Å². The van der Waals surface area contributed by atoms with E-state index in [0.717, 1.165) is 25.8 Å². The van der Waals surface area contributed by atoms with Crippen molar-refractivity contribution >= 4 is 5.97 Å². The van der Waals surface area contributed by atoms with E-state index in [-0.39, 0.29) is 0 Å². The van der Waals surface area contributed by atoms with E-state index in [0.29, 0.717) is 12.1 Å². The van der Waals surface area contributed by atoms with Crippen LogP contribution in [0.5, 0.6) is 0 Å². The summed E-state index contributed by atoms with van der Waals surface area (Å²) in [6.07, 6.45) is 3.37. The monoisotopic (exact) mass is 264 g/mol. The van der Waals surface area contributed by atoms with Crippen molar-refractivity contribution in [2.45, 2.75) is 31.7 Å². The lowest BCUT2D eigenvalue weighted by atomic mass is 9.90. The summed E-state index contributed by atoms with van der Waals surface area (Å²) in [6.45, 7) is 3.33. The Morgan fingerprint density at radius 1 is 1.32 bits per heavy atom. The van der Waals surface area contributed by atoms with Crippen LogP contribution in [-0.2, 0) is 10.3 Å². The maximum Gasteiger partial charge on any atom is 0.329 e. The molecule has 4 nitrogen and oxygen atoms in total. The Morgan fingerprint density at radius 3 is 2.47 bits per heavy atom. The molecule has 0 heterocycles. The molecule has 0 fully saturated rings. The van der Waals surface area contributed by atoms with Crippen molar-refractivity contribution in [1.29, 1.82) is 0 Å². The number of carbonyl (C=O) groups is 1. The molecule has 0 aliphatic heterocycles. The van der Waals surface area contributed by atoms with Crippen LogP contribution in [0.15, 0.2) is 30.3 Å². The molecular formula is C15H24N2O2. The van der Waals surface area contributed by atoms with E-state index < -0.39 is 11.5 Å². The van der Waals surface area contributed by atoms with Crippen molar-refractivity contribution in [3.05, 3.63) is 35.9 Å². The quantitative estimate of drug-likeness (QED) is 0.705. The molecule has 1 atom stereocenters. The highest BCUT2D eigenvalue weighted by atomic mass is 16.4. The Labute approximate surface area is 115 Å². The molecule has 1 unspecified atom stereocenters. The van der Waals surface area contributed by atoms with E-state index in [1.54, 1.807) is 12.1 Å². The number of likely N-dealkylation sites (N-methyl/N-ethyl adjacent to an activating group) is 1. The van der Waals surface area contributed by atoms with Crippen LogP contribution in [0.25, 0.3) is 0 Å². The smallest absolute Gasteiger partial charge is 0.329 e. The van der Waals surface area contributed by atoms with Gasteiger partial charge in [-0.15, -0.1) is 0 Å². The molecule has 0 aliphatic carbocycles. The molecule has 1 aromatic rings. The van der Waals surface area contributed by atoms with E-state index in [4.69, 9.17) is 5.73 Å². The maximum absolute atomic E-state index is 11.5. The molecule has 106 valence electrons. The predicted molar refractivity (Wildman–Crippen MR) is 77.0 cm³/mol. The van der Waals surface area contributed by atoms with Crippen LogP contribution in [0, 0.1) is 0 Å². The lowest BCUT2D eigenvalue weighted by Gasteiger charge is -2.30. The highest BCUT2D eigenvalue weighted by Crippen LogP contribution is 2.20. The second kappa shape index (κ2) is 7.26. The van der Waals surface area contributed by atoms with Gasteiger partial charge in [0.05, 0.1) is 0 Å². The van der Waals surface area contributed by atoms with Crippen LogP contribution in [0.3, 0.4) is 0 Å². The Kier molecular flexibility index (Phi) is 5.99. The summed E-state index contributed by atoms with van der Waals surface area (Å²) in [5.74, 6) is -0.985. The van der Waals surface area contributed by atoms with Crippen LogP contribution in [-0.4, -0.2) is 36.1 Å². The third-order valence-electron chi connectivity index (χ3n) is 3.33. The van der Waals surface area contributed by atoms with Gasteiger partial charge in [-0.1, -0.05) is 50.1 Å². The molecule has 3 N–H and O–H groups in total. The van der Waals surface area contributed by atoms with Crippen LogP contribution in [0.1, 0.15) is 31.7 Å². The molecule has 4 heteroatoms. The van der Waals surface area contributed by atoms with E-state index >= 15 is 0 Å². The highest BCUT2D eigenvalue weighted by molar-refractivity contribution is 5.80. The minimum Gasteiger partial charge on any atom is -0.480 e. The average molecular weight is 264 g/mol. The summed E-state index contributed by atoms with van der Waals surface area (Å²) in [4.78, 5) is 13.5. The number of carboxylic acid groups (broad SMARTS) is 1. The van der Waals surface area contributed by atoms with E-state index in [1.807, 2.05) is 30.1 Å². The second-order valence-corrected chi connectivity index (χ2v) is 5.09. The first-order valence-electron chi connectivity index (χ1n) is 6.77. The van der Waals surface area contributed by atoms with Crippen LogP contribution < -0.4 is 5.73 Å². The van der Waals surface area contributed by atoms with Gasteiger partial charge in [-0.3, -0.25) is 0 Å². The Hall–Kier alpha value is -1.39. The van der Waals surface area contributed by atoms with Crippen molar-refractivity contribution in [3.63, 3.8) is 0 Å². The molecule has 0 saturated heterocycles. The van der Waals surface area contributed by atoms with Gasteiger partial charge in [0.2, 0.25) is 0 Å². The average Bonchev–Trinajstić information content (AvgIpc) is 2.39. The maximum atomic E-state index is 11.5. The van der Waals surface area contributed by atoms with Gasteiger partial charge in [0.1, 0.15) is 0 Å².